The van der Waals surface area contributed by atoms with E-state index in [0.29, 0.717) is 17.5 Å². The van der Waals surface area contributed by atoms with Gasteiger partial charge in [-0.25, -0.2) is 5.01 Å². The summed E-state index contributed by atoms with van der Waals surface area (Å²) in [4.78, 5) is 26.3. The average Bonchev–Trinajstić information content (AvgIpc) is 2.80. The fourth-order valence-corrected chi connectivity index (χ4v) is 3.94. The lowest BCUT2D eigenvalue weighted by molar-refractivity contribution is -0.151. The molecule has 0 unspecified atom stereocenters. The number of nitrogens with zero attached hydrogens (tertiary/aromatic N) is 1. The molecule has 5 nitrogen and oxygen atoms in total. The van der Waals surface area contributed by atoms with Gasteiger partial charge in [0.25, 0.3) is 5.91 Å². The minimum atomic E-state index is -1.97. The molecule has 0 aliphatic rings. The van der Waals surface area contributed by atoms with E-state index in [9.17, 15) is 14.7 Å². The number of aliphatic hydroxyl groups is 1. The Morgan fingerprint density at radius 2 is 1.21 bits per heavy atom. The van der Waals surface area contributed by atoms with Gasteiger partial charge < -0.3 is 5.11 Å². The lowest BCUT2D eigenvalue weighted by Gasteiger charge is -2.35. The van der Waals surface area contributed by atoms with Gasteiger partial charge in [0, 0.05) is 6.92 Å². The molecule has 1 atom stereocenters. The molecule has 3 aromatic rings. The van der Waals surface area contributed by atoms with Crippen molar-refractivity contribution < 1.29 is 14.7 Å². The van der Waals surface area contributed by atoms with Crippen molar-refractivity contribution in [2.45, 2.75) is 52.7 Å². The highest BCUT2D eigenvalue weighted by Gasteiger charge is 2.42. The summed E-state index contributed by atoms with van der Waals surface area (Å²) in [6.45, 7) is 9.25. The highest BCUT2D eigenvalue weighted by molar-refractivity contribution is 5.91. The zero-order valence-electron chi connectivity index (χ0n) is 19.9. The smallest absolute Gasteiger partial charge is 0.279 e. The molecule has 3 rings (SSSR count). The van der Waals surface area contributed by atoms with Crippen LogP contribution in [-0.2, 0) is 15.2 Å². The zero-order chi connectivity index (χ0) is 24.2. The third-order valence-corrected chi connectivity index (χ3v) is 5.99. The number of rotatable bonds is 6. The molecule has 172 valence electrons. The first-order chi connectivity index (χ1) is 15.7. The topological polar surface area (TPSA) is 69.6 Å². The molecule has 0 aromatic heterocycles. The Bertz CT molecular complexity index is 1060. The molecule has 0 aliphatic carbocycles. The molecule has 0 saturated carbocycles. The fraction of sp³-hybridized carbons (Fsp3) is 0.286. The first kappa shape index (κ1) is 24.2. The molecule has 0 heterocycles. The van der Waals surface area contributed by atoms with Gasteiger partial charge in [-0.1, -0.05) is 96.4 Å². The molecule has 0 aliphatic heterocycles. The molecule has 3 aromatic carbocycles. The molecule has 2 N–H and O–H groups in total. The number of aryl methyl sites for hydroxylation is 3. The van der Waals surface area contributed by atoms with E-state index in [-0.39, 0.29) is 11.9 Å². The van der Waals surface area contributed by atoms with E-state index >= 15 is 0 Å². The predicted molar refractivity (Wildman–Crippen MR) is 130 cm³/mol. The van der Waals surface area contributed by atoms with Crippen LogP contribution < -0.4 is 5.43 Å². The molecule has 33 heavy (non-hydrogen) atoms. The van der Waals surface area contributed by atoms with Crippen molar-refractivity contribution in [3.05, 3.63) is 106 Å². The fourth-order valence-electron chi connectivity index (χ4n) is 3.94. The summed E-state index contributed by atoms with van der Waals surface area (Å²) < 4.78 is 0. The SMILES string of the molecule is CC[C@H](c1ccc(C)cc1)N(NC(=O)C(O)(c1ccc(C)cc1)c1ccc(C)cc1)C(C)=O. The first-order valence-corrected chi connectivity index (χ1v) is 11.2. The summed E-state index contributed by atoms with van der Waals surface area (Å²) in [5.74, 6) is -0.998. The lowest BCUT2D eigenvalue weighted by atomic mass is 9.85. The van der Waals surface area contributed by atoms with Gasteiger partial charge in [-0.05, 0) is 43.9 Å². The van der Waals surface area contributed by atoms with E-state index < -0.39 is 11.5 Å². The van der Waals surface area contributed by atoms with E-state index in [1.54, 1.807) is 24.3 Å². The number of hydrazine groups is 1. The Morgan fingerprint density at radius 1 is 0.818 bits per heavy atom. The molecule has 0 fully saturated rings. The largest absolute Gasteiger partial charge is 0.372 e. The van der Waals surface area contributed by atoms with Crippen LogP contribution in [0.25, 0.3) is 0 Å². The summed E-state index contributed by atoms with van der Waals surface area (Å²) in [6.07, 6.45) is 0.594. The maximum Gasteiger partial charge on any atom is 0.279 e. The van der Waals surface area contributed by atoms with Gasteiger partial charge in [0.2, 0.25) is 5.91 Å². The third kappa shape index (κ3) is 5.15. The zero-order valence-corrected chi connectivity index (χ0v) is 19.9. The standard InChI is InChI=1S/C28H32N2O3/c1-6-26(23-13-7-19(2)8-14-23)30(22(5)31)29-27(32)28(33,24-15-9-20(3)10-16-24)25-17-11-21(4)12-18-25/h7-18,26,33H,6H2,1-5H3,(H,29,32)/t26-/m1/s1. The van der Waals surface area contributed by atoms with Crippen LogP contribution >= 0.6 is 0 Å². The molecule has 0 radical (unpaired) electrons. The van der Waals surface area contributed by atoms with Crippen molar-refractivity contribution in [3.8, 4) is 0 Å². The van der Waals surface area contributed by atoms with Gasteiger partial charge in [-0.2, -0.15) is 0 Å². The molecule has 0 spiro atoms. The number of hydrogen-bond donors (Lipinski definition) is 2. The summed E-state index contributed by atoms with van der Waals surface area (Å²) in [7, 11) is 0. The number of hydrogen-bond acceptors (Lipinski definition) is 3. The molecule has 2 amide bonds. The van der Waals surface area contributed by atoms with Crippen molar-refractivity contribution in [2.75, 3.05) is 0 Å². The van der Waals surface area contributed by atoms with E-state index in [4.69, 9.17) is 0 Å². The van der Waals surface area contributed by atoms with Crippen molar-refractivity contribution in [1.82, 2.24) is 10.4 Å². The Morgan fingerprint density at radius 3 is 1.58 bits per heavy atom. The minimum absolute atomic E-state index is 0.314. The van der Waals surface area contributed by atoms with Crippen LogP contribution in [0.1, 0.15) is 59.7 Å². The van der Waals surface area contributed by atoms with E-state index in [1.165, 1.54) is 11.9 Å². The number of amides is 2. The van der Waals surface area contributed by atoms with Gasteiger partial charge in [-0.3, -0.25) is 15.0 Å². The van der Waals surface area contributed by atoms with Crippen LogP contribution in [0.2, 0.25) is 0 Å². The van der Waals surface area contributed by atoms with E-state index in [1.807, 2.05) is 76.2 Å². The third-order valence-electron chi connectivity index (χ3n) is 5.99. The monoisotopic (exact) mass is 444 g/mol. The quantitative estimate of drug-likeness (QED) is 0.533. The van der Waals surface area contributed by atoms with Gasteiger partial charge >= 0.3 is 0 Å². The predicted octanol–water partition coefficient (Wildman–Crippen LogP) is 4.88. The summed E-state index contributed by atoms with van der Waals surface area (Å²) in [5.41, 5.74) is 5.69. The Hall–Kier alpha value is -3.44. The Labute approximate surface area is 196 Å². The highest BCUT2D eigenvalue weighted by Crippen LogP contribution is 2.32. The van der Waals surface area contributed by atoms with Crippen LogP contribution in [-0.4, -0.2) is 21.9 Å². The highest BCUT2D eigenvalue weighted by atomic mass is 16.3. The van der Waals surface area contributed by atoms with Crippen molar-refractivity contribution in [1.29, 1.82) is 0 Å². The molecule has 5 heteroatoms. The second kappa shape index (κ2) is 10.0. The van der Waals surface area contributed by atoms with Crippen LogP contribution in [0.15, 0.2) is 72.8 Å². The van der Waals surface area contributed by atoms with Crippen molar-refractivity contribution in [3.63, 3.8) is 0 Å². The maximum absolute atomic E-state index is 13.7. The van der Waals surface area contributed by atoms with E-state index in [0.717, 1.165) is 22.3 Å². The molecule has 0 bridgehead atoms. The van der Waals surface area contributed by atoms with Crippen LogP contribution in [0, 0.1) is 20.8 Å². The van der Waals surface area contributed by atoms with Gasteiger partial charge in [-0.15, -0.1) is 0 Å². The number of nitrogens with one attached hydrogen (secondary N) is 1. The molecular formula is C28H32N2O3. The van der Waals surface area contributed by atoms with Gasteiger partial charge in [0.15, 0.2) is 5.60 Å². The van der Waals surface area contributed by atoms with Crippen LogP contribution in [0.4, 0.5) is 0 Å². The second-order valence-corrected chi connectivity index (χ2v) is 8.61. The summed E-state index contributed by atoms with van der Waals surface area (Å²) >= 11 is 0. The van der Waals surface area contributed by atoms with E-state index in [2.05, 4.69) is 5.43 Å². The van der Waals surface area contributed by atoms with Crippen molar-refractivity contribution >= 4 is 11.8 Å². The number of benzene rings is 3. The first-order valence-electron chi connectivity index (χ1n) is 11.2. The molecular weight excluding hydrogens is 412 g/mol. The summed E-state index contributed by atoms with van der Waals surface area (Å²) in [6, 6.07) is 21.9. The lowest BCUT2D eigenvalue weighted by Crippen LogP contribution is -2.54. The maximum atomic E-state index is 13.7. The second-order valence-electron chi connectivity index (χ2n) is 8.61. The summed E-state index contributed by atoms with van der Waals surface area (Å²) in [5, 5.41) is 13.2. The van der Waals surface area contributed by atoms with Crippen LogP contribution in [0.3, 0.4) is 0 Å². The van der Waals surface area contributed by atoms with Crippen molar-refractivity contribution in [2.24, 2.45) is 0 Å². The van der Waals surface area contributed by atoms with Gasteiger partial charge in [0.05, 0.1) is 6.04 Å². The average molecular weight is 445 g/mol. The Kier molecular flexibility index (Phi) is 7.34. The van der Waals surface area contributed by atoms with Gasteiger partial charge in [0.1, 0.15) is 0 Å². The molecule has 0 saturated heterocycles. The number of carbonyl (C=O) groups excluding carboxylic acids is 2. The van der Waals surface area contributed by atoms with Crippen LogP contribution in [0.5, 0.6) is 0 Å². The Balaban J connectivity index is 2.03. The normalized spacial score (nSPS) is 12.2. The minimum Gasteiger partial charge on any atom is -0.372 e. The number of carbonyl (C=O) groups is 2.